The zero-order valence-electron chi connectivity index (χ0n) is 16.0. The van der Waals surface area contributed by atoms with Crippen molar-refractivity contribution in [1.82, 2.24) is 4.98 Å². The number of hydrogen-bond acceptors (Lipinski definition) is 2. The molecule has 0 saturated carbocycles. The molecule has 31 heavy (non-hydrogen) atoms. The van der Waals surface area contributed by atoms with Crippen molar-refractivity contribution in [2.45, 2.75) is 0 Å². The molecule has 4 aromatic rings. The second-order valence-corrected chi connectivity index (χ2v) is 7.62. The standard InChI is InChI=1S/C24H16Cl2N2O3/c25-15-11-19(26)21-18(22(24(30)31)28-20(21)12-15)13-17(14-7-3-1-4-8-14)23(29)27-16-9-5-2-6-10-16/h1-13,28H,(H,27,29)(H,30,31)/b17-13+. The number of benzene rings is 3. The minimum Gasteiger partial charge on any atom is -0.477 e. The number of rotatable bonds is 5. The fourth-order valence-electron chi connectivity index (χ4n) is 3.35. The van der Waals surface area contributed by atoms with Crippen LogP contribution in [0.5, 0.6) is 0 Å². The van der Waals surface area contributed by atoms with Gasteiger partial charge in [-0.1, -0.05) is 71.7 Å². The molecule has 0 radical (unpaired) electrons. The van der Waals surface area contributed by atoms with Crippen LogP contribution >= 0.6 is 23.2 Å². The van der Waals surface area contributed by atoms with Crippen LogP contribution in [-0.4, -0.2) is 22.0 Å². The predicted molar refractivity (Wildman–Crippen MR) is 125 cm³/mol. The molecule has 0 aliphatic rings. The van der Waals surface area contributed by atoms with Gasteiger partial charge < -0.3 is 15.4 Å². The van der Waals surface area contributed by atoms with Gasteiger partial charge in [0.2, 0.25) is 0 Å². The van der Waals surface area contributed by atoms with Gasteiger partial charge in [-0.15, -0.1) is 0 Å². The number of para-hydroxylation sites is 1. The van der Waals surface area contributed by atoms with Gasteiger partial charge in [-0.2, -0.15) is 0 Å². The summed E-state index contributed by atoms with van der Waals surface area (Å²) >= 11 is 12.5. The number of halogens is 2. The van der Waals surface area contributed by atoms with Crippen LogP contribution in [-0.2, 0) is 4.79 Å². The van der Waals surface area contributed by atoms with Crippen molar-refractivity contribution in [2.75, 3.05) is 5.32 Å². The van der Waals surface area contributed by atoms with Gasteiger partial charge in [0.25, 0.3) is 5.91 Å². The van der Waals surface area contributed by atoms with Crippen molar-refractivity contribution in [2.24, 2.45) is 0 Å². The van der Waals surface area contributed by atoms with Gasteiger partial charge in [0, 0.05) is 32.7 Å². The van der Waals surface area contributed by atoms with E-state index >= 15 is 0 Å². The molecular formula is C24H16Cl2N2O3. The van der Waals surface area contributed by atoms with Crippen LogP contribution in [0.2, 0.25) is 10.0 Å². The first-order chi connectivity index (χ1) is 14.9. The van der Waals surface area contributed by atoms with Crippen LogP contribution in [0, 0.1) is 0 Å². The number of carbonyl (C=O) groups excluding carboxylic acids is 1. The Hall–Kier alpha value is -3.54. The summed E-state index contributed by atoms with van der Waals surface area (Å²) in [6.45, 7) is 0. The van der Waals surface area contributed by atoms with Crippen molar-refractivity contribution < 1.29 is 14.7 Å². The number of aromatic carboxylic acids is 1. The van der Waals surface area contributed by atoms with E-state index in [1.165, 1.54) is 12.1 Å². The maximum Gasteiger partial charge on any atom is 0.352 e. The summed E-state index contributed by atoms with van der Waals surface area (Å²) in [7, 11) is 0. The second-order valence-electron chi connectivity index (χ2n) is 6.77. The topological polar surface area (TPSA) is 82.2 Å². The van der Waals surface area contributed by atoms with E-state index in [9.17, 15) is 14.7 Å². The SMILES string of the molecule is O=C(Nc1ccccc1)/C(=C/c1c(C(=O)O)[nH]c2cc(Cl)cc(Cl)c12)c1ccccc1. The van der Waals surface area contributed by atoms with Gasteiger partial charge >= 0.3 is 5.97 Å². The van der Waals surface area contributed by atoms with E-state index in [2.05, 4.69) is 10.3 Å². The third-order valence-corrected chi connectivity index (χ3v) is 5.23. The lowest BCUT2D eigenvalue weighted by Crippen LogP contribution is -2.13. The summed E-state index contributed by atoms with van der Waals surface area (Å²) in [5, 5.41) is 13.7. The van der Waals surface area contributed by atoms with Crippen LogP contribution in [0.1, 0.15) is 21.6 Å². The molecule has 0 fully saturated rings. The quantitative estimate of drug-likeness (QED) is 0.309. The van der Waals surface area contributed by atoms with Gasteiger partial charge in [0.1, 0.15) is 5.69 Å². The highest BCUT2D eigenvalue weighted by atomic mass is 35.5. The molecule has 154 valence electrons. The van der Waals surface area contributed by atoms with Crippen LogP contribution in [0.4, 0.5) is 5.69 Å². The van der Waals surface area contributed by atoms with Crippen molar-refractivity contribution in [3.8, 4) is 0 Å². The molecule has 3 N–H and O–H groups in total. The summed E-state index contributed by atoms with van der Waals surface area (Å²) in [5.74, 6) is -1.56. The number of hydrogen-bond donors (Lipinski definition) is 3. The number of anilines is 1. The summed E-state index contributed by atoms with van der Waals surface area (Å²) in [5.41, 5.74) is 2.23. The zero-order valence-corrected chi connectivity index (χ0v) is 17.5. The number of fused-ring (bicyclic) bond motifs is 1. The molecule has 3 aromatic carbocycles. The maximum absolute atomic E-state index is 13.2. The average molecular weight is 451 g/mol. The molecule has 0 atom stereocenters. The minimum absolute atomic E-state index is 0.0832. The summed E-state index contributed by atoms with van der Waals surface area (Å²) in [6.07, 6.45) is 1.54. The molecular weight excluding hydrogens is 435 g/mol. The smallest absolute Gasteiger partial charge is 0.352 e. The van der Waals surface area contributed by atoms with Crippen molar-refractivity contribution in [3.05, 3.63) is 99.7 Å². The number of nitrogens with one attached hydrogen (secondary N) is 2. The molecule has 1 amide bonds. The van der Waals surface area contributed by atoms with E-state index in [4.69, 9.17) is 23.2 Å². The lowest BCUT2D eigenvalue weighted by Gasteiger charge is -2.10. The van der Waals surface area contributed by atoms with Gasteiger partial charge in [-0.25, -0.2) is 4.79 Å². The fourth-order valence-corrected chi connectivity index (χ4v) is 3.94. The normalized spacial score (nSPS) is 11.5. The first kappa shape index (κ1) is 20.7. The van der Waals surface area contributed by atoms with E-state index in [1.54, 1.807) is 42.5 Å². The number of carboxylic acids is 1. The van der Waals surface area contributed by atoms with Gasteiger partial charge in [0.15, 0.2) is 0 Å². The minimum atomic E-state index is -1.18. The Morgan fingerprint density at radius 1 is 0.935 bits per heavy atom. The molecule has 0 saturated heterocycles. The molecule has 0 aliphatic carbocycles. The number of carbonyl (C=O) groups is 2. The molecule has 4 rings (SSSR count). The van der Waals surface area contributed by atoms with E-state index < -0.39 is 5.97 Å². The molecule has 1 heterocycles. The number of H-pyrrole nitrogens is 1. The molecule has 0 spiro atoms. The average Bonchev–Trinajstić information content (AvgIpc) is 3.12. The van der Waals surface area contributed by atoms with Crippen LogP contribution in [0.25, 0.3) is 22.6 Å². The van der Waals surface area contributed by atoms with Gasteiger partial charge in [-0.3, -0.25) is 4.79 Å². The maximum atomic E-state index is 13.2. The van der Waals surface area contributed by atoms with Crippen molar-refractivity contribution >= 4 is 63.3 Å². The third-order valence-electron chi connectivity index (χ3n) is 4.72. The Balaban J connectivity index is 1.92. The fraction of sp³-hybridized carbons (Fsp3) is 0. The number of aromatic amines is 1. The second kappa shape index (κ2) is 8.68. The van der Waals surface area contributed by atoms with E-state index in [1.807, 2.05) is 24.3 Å². The van der Waals surface area contributed by atoms with Gasteiger partial charge in [0.05, 0.1) is 5.02 Å². The number of carboxylic acid groups (broad SMARTS) is 1. The summed E-state index contributed by atoms with van der Waals surface area (Å²) in [4.78, 5) is 28.0. The van der Waals surface area contributed by atoms with E-state index in [0.29, 0.717) is 38.3 Å². The largest absolute Gasteiger partial charge is 0.477 e. The van der Waals surface area contributed by atoms with Crippen molar-refractivity contribution in [1.29, 1.82) is 0 Å². The Bertz CT molecular complexity index is 1310. The Labute approximate surface area is 187 Å². The molecule has 5 nitrogen and oxygen atoms in total. The Kier molecular flexibility index (Phi) is 5.80. The van der Waals surface area contributed by atoms with Crippen LogP contribution in [0.3, 0.4) is 0 Å². The van der Waals surface area contributed by atoms with Crippen LogP contribution in [0.15, 0.2) is 72.8 Å². The lowest BCUT2D eigenvalue weighted by molar-refractivity contribution is -0.111. The monoisotopic (exact) mass is 450 g/mol. The Morgan fingerprint density at radius 2 is 1.58 bits per heavy atom. The molecule has 0 aliphatic heterocycles. The molecule has 0 unspecified atom stereocenters. The first-order valence-electron chi connectivity index (χ1n) is 9.31. The Morgan fingerprint density at radius 3 is 2.23 bits per heavy atom. The zero-order chi connectivity index (χ0) is 22.0. The molecule has 0 bridgehead atoms. The first-order valence-corrected chi connectivity index (χ1v) is 10.1. The van der Waals surface area contributed by atoms with Crippen molar-refractivity contribution in [3.63, 3.8) is 0 Å². The molecule has 1 aromatic heterocycles. The highest BCUT2D eigenvalue weighted by Crippen LogP contribution is 2.35. The lowest BCUT2D eigenvalue weighted by atomic mass is 10.00. The summed E-state index contributed by atoms with van der Waals surface area (Å²) in [6, 6.07) is 21.2. The van der Waals surface area contributed by atoms with E-state index in [0.717, 1.165) is 0 Å². The highest BCUT2D eigenvalue weighted by molar-refractivity contribution is 6.40. The molecule has 7 heteroatoms. The predicted octanol–water partition coefficient (Wildman–Crippen LogP) is 6.35. The highest BCUT2D eigenvalue weighted by Gasteiger charge is 2.21. The number of aromatic nitrogens is 1. The third kappa shape index (κ3) is 4.33. The van der Waals surface area contributed by atoms with Gasteiger partial charge in [-0.05, 0) is 35.9 Å². The number of amides is 1. The summed E-state index contributed by atoms with van der Waals surface area (Å²) < 4.78 is 0. The van der Waals surface area contributed by atoms with Crippen LogP contribution < -0.4 is 5.32 Å². The van der Waals surface area contributed by atoms with E-state index in [-0.39, 0.29) is 16.6 Å².